The fourth-order valence-corrected chi connectivity index (χ4v) is 2.24. The molecule has 6 nitrogen and oxygen atoms in total. The van der Waals surface area contributed by atoms with Gasteiger partial charge in [0.2, 0.25) is 0 Å². The first-order valence-electron chi connectivity index (χ1n) is 6.28. The van der Waals surface area contributed by atoms with Gasteiger partial charge in [0, 0.05) is 32.1 Å². The molecule has 0 aliphatic heterocycles. The van der Waals surface area contributed by atoms with Crippen molar-refractivity contribution < 1.29 is 4.74 Å². The molecule has 0 aliphatic carbocycles. The van der Waals surface area contributed by atoms with Crippen molar-refractivity contribution in [1.82, 2.24) is 19.9 Å². The minimum absolute atomic E-state index is 0.377. The van der Waals surface area contributed by atoms with E-state index in [0.29, 0.717) is 17.6 Å². The standard InChI is InChI=1S/C13H17N5OS/c1-4-14-10-5-12(18-11(17-10)8-19-3)20-13-15-6-9(2)7-16-13/h5-7H,4,8H2,1-3H3,(H,14,17,18). The highest BCUT2D eigenvalue weighted by atomic mass is 32.2. The van der Waals surface area contributed by atoms with Crippen LogP contribution in [0, 0.1) is 6.92 Å². The summed E-state index contributed by atoms with van der Waals surface area (Å²) in [4.78, 5) is 17.3. The summed E-state index contributed by atoms with van der Waals surface area (Å²) in [6.45, 7) is 5.16. The summed E-state index contributed by atoms with van der Waals surface area (Å²) in [6, 6.07) is 1.89. The minimum Gasteiger partial charge on any atom is -0.377 e. The van der Waals surface area contributed by atoms with E-state index >= 15 is 0 Å². The molecule has 0 aliphatic rings. The summed E-state index contributed by atoms with van der Waals surface area (Å²) < 4.78 is 5.09. The fourth-order valence-electron chi connectivity index (χ4n) is 1.52. The summed E-state index contributed by atoms with van der Waals surface area (Å²) in [7, 11) is 1.62. The van der Waals surface area contributed by atoms with Crippen LogP contribution in [0.4, 0.5) is 5.82 Å². The summed E-state index contributed by atoms with van der Waals surface area (Å²) in [5, 5.41) is 4.65. The Balaban J connectivity index is 2.22. The first kappa shape index (κ1) is 14.7. The molecular weight excluding hydrogens is 274 g/mol. The van der Waals surface area contributed by atoms with Gasteiger partial charge >= 0.3 is 0 Å². The Labute approximate surface area is 122 Å². The molecule has 0 spiro atoms. The van der Waals surface area contributed by atoms with E-state index in [9.17, 15) is 0 Å². The van der Waals surface area contributed by atoms with Gasteiger partial charge in [-0.2, -0.15) is 0 Å². The molecule has 0 fully saturated rings. The third-order valence-electron chi connectivity index (χ3n) is 2.33. The Morgan fingerprint density at radius 1 is 1.25 bits per heavy atom. The molecule has 0 atom stereocenters. The maximum absolute atomic E-state index is 5.09. The summed E-state index contributed by atoms with van der Waals surface area (Å²) in [6.07, 6.45) is 3.58. The number of methoxy groups -OCH3 is 1. The number of anilines is 1. The van der Waals surface area contributed by atoms with Crippen LogP contribution in [0.3, 0.4) is 0 Å². The van der Waals surface area contributed by atoms with E-state index in [4.69, 9.17) is 4.74 Å². The first-order valence-corrected chi connectivity index (χ1v) is 7.10. The highest BCUT2D eigenvalue weighted by molar-refractivity contribution is 7.99. The second-order valence-electron chi connectivity index (χ2n) is 4.12. The van der Waals surface area contributed by atoms with Gasteiger partial charge in [-0.05, 0) is 31.2 Å². The van der Waals surface area contributed by atoms with Crippen molar-refractivity contribution >= 4 is 17.6 Å². The Bertz CT molecular complexity index is 537. The molecule has 2 rings (SSSR count). The van der Waals surface area contributed by atoms with Crippen LogP contribution in [-0.4, -0.2) is 33.6 Å². The van der Waals surface area contributed by atoms with Crippen LogP contribution in [0.5, 0.6) is 0 Å². The highest BCUT2D eigenvalue weighted by Crippen LogP contribution is 2.24. The number of rotatable bonds is 6. The van der Waals surface area contributed by atoms with E-state index in [1.807, 2.05) is 19.9 Å². The van der Waals surface area contributed by atoms with Gasteiger partial charge in [-0.15, -0.1) is 0 Å². The number of aromatic nitrogens is 4. The first-order chi connectivity index (χ1) is 9.71. The van der Waals surface area contributed by atoms with Crippen molar-refractivity contribution in [1.29, 1.82) is 0 Å². The molecule has 2 aromatic rings. The van der Waals surface area contributed by atoms with Gasteiger partial charge < -0.3 is 10.1 Å². The molecular formula is C13H17N5OS. The number of nitrogens with zero attached hydrogens (tertiary/aromatic N) is 4. The van der Waals surface area contributed by atoms with Gasteiger partial charge in [-0.3, -0.25) is 0 Å². The molecule has 0 saturated carbocycles. The molecule has 20 heavy (non-hydrogen) atoms. The van der Waals surface area contributed by atoms with Crippen molar-refractivity contribution in [2.75, 3.05) is 19.0 Å². The molecule has 0 radical (unpaired) electrons. The van der Waals surface area contributed by atoms with Crippen molar-refractivity contribution in [3.63, 3.8) is 0 Å². The van der Waals surface area contributed by atoms with Crippen LogP contribution >= 0.6 is 11.8 Å². The van der Waals surface area contributed by atoms with Crippen LogP contribution in [-0.2, 0) is 11.3 Å². The zero-order valence-electron chi connectivity index (χ0n) is 11.8. The van der Waals surface area contributed by atoms with E-state index < -0.39 is 0 Å². The van der Waals surface area contributed by atoms with E-state index in [1.165, 1.54) is 11.8 Å². The van der Waals surface area contributed by atoms with Crippen molar-refractivity contribution in [3.05, 3.63) is 29.8 Å². The maximum atomic E-state index is 5.09. The molecule has 0 aromatic carbocycles. The number of aryl methyl sites for hydroxylation is 1. The van der Waals surface area contributed by atoms with Crippen LogP contribution in [0.15, 0.2) is 28.6 Å². The lowest BCUT2D eigenvalue weighted by molar-refractivity contribution is 0.177. The Morgan fingerprint density at radius 2 is 2.00 bits per heavy atom. The van der Waals surface area contributed by atoms with Gasteiger partial charge in [0.25, 0.3) is 0 Å². The van der Waals surface area contributed by atoms with Crippen LogP contribution in [0.25, 0.3) is 0 Å². The normalized spacial score (nSPS) is 10.6. The number of ether oxygens (including phenoxy) is 1. The molecule has 0 bridgehead atoms. The van der Waals surface area contributed by atoms with E-state index in [-0.39, 0.29) is 0 Å². The van der Waals surface area contributed by atoms with Gasteiger partial charge in [-0.25, -0.2) is 19.9 Å². The summed E-state index contributed by atoms with van der Waals surface area (Å²) >= 11 is 1.41. The monoisotopic (exact) mass is 291 g/mol. The maximum Gasteiger partial charge on any atom is 0.193 e. The molecule has 0 unspecified atom stereocenters. The smallest absolute Gasteiger partial charge is 0.193 e. The predicted molar refractivity (Wildman–Crippen MR) is 77.8 cm³/mol. The molecule has 0 saturated heterocycles. The molecule has 2 heterocycles. The van der Waals surface area contributed by atoms with Gasteiger partial charge in [-0.1, -0.05) is 0 Å². The van der Waals surface area contributed by atoms with Gasteiger partial charge in [0.15, 0.2) is 11.0 Å². The highest BCUT2D eigenvalue weighted by Gasteiger charge is 2.07. The van der Waals surface area contributed by atoms with Crippen LogP contribution in [0.2, 0.25) is 0 Å². The van der Waals surface area contributed by atoms with Crippen LogP contribution in [0.1, 0.15) is 18.3 Å². The minimum atomic E-state index is 0.377. The van der Waals surface area contributed by atoms with E-state index in [0.717, 1.165) is 23.0 Å². The molecule has 106 valence electrons. The largest absolute Gasteiger partial charge is 0.377 e. The van der Waals surface area contributed by atoms with Gasteiger partial charge in [0.05, 0.1) is 0 Å². The van der Waals surface area contributed by atoms with Gasteiger partial charge in [0.1, 0.15) is 17.5 Å². The lowest BCUT2D eigenvalue weighted by atomic mass is 10.4. The predicted octanol–water partition coefficient (Wildman–Crippen LogP) is 2.30. The van der Waals surface area contributed by atoms with E-state index in [1.54, 1.807) is 19.5 Å². The average Bonchev–Trinajstić information content (AvgIpc) is 2.42. The third kappa shape index (κ3) is 4.14. The number of nitrogens with one attached hydrogen (secondary N) is 1. The number of hydrogen-bond donors (Lipinski definition) is 1. The van der Waals surface area contributed by atoms with Crippen molar-refractivity contribution in [2.45, 2.75) is 30.6 Å². The fraction of sp³-hybridized carbons (Fsp3) is 0.385. The Morgan fingerprint density at radius 3 is 2.65 bits per heavy atom. The lowest BCUT2D eigenvalue weighted by Gasteiger charge is -2.07. The quantitative estimate of drug-likeness (QED) is 0.646. The SMILES string of the molecule is CCNc1cc(Sc2ncc(C)cn2)nc(COC)n1. The molecule has 1 N–H and O–H groups in total. The van der Waals surface area contributed by atoms with Crippen molar-refractivity contribution in [2.24, 2.45) is 0 Å². The molecule has 7 heteroatoms. The topological polar surface area (TPSA) is 72.8 Å². The summed E-state index contributed by atoms with van der Waals surface area (Å²) in [5.41, 5.74) is 1.03. The molecule has 0 amide bonds. The third-order valence-corrected chi connectivity index (χ3v) is 3.15. The van der Waals surface area contributed by atoms with Crippen molar-refractivity contribution in [3.8, 4) is 0 Å². The summed E-state index contributed by atoms with van der Waals surface area (Å²) in [5.74, 6) is 1.42. The number of hydrogen-bond acceptors (Lipinski definition) is 7. The lowest BCUT2D eigenvalue weighted by Crippen LogP contribution is -2.05. The zero-order chi connectivity index (χ0) is 14.4. The second-order valence-corrected chi connectivity index (χ2v) is 5.10. The Hall–Kier alpha value is -1.73. The van der Waals surface area contributed by atoms with E-state index in [2.05, 4.69) is 25.3 Å². The second kappa shape index (κ2) is 7.16. The van der Waals surface area contributed by atoms with Crippen LogP contribution < -0.4 is 5.32 Å². The molecule has 2 aromatic heterocycles. The Kier molecular flexibility index (Phi) is 5.25. The average molecular weight is 291 g/mol. The zero-order valence-corrected chi connectivity index (χ0v) is 12.6.